The van der Waals surface area contributed by atoms with Crippen LogP contribution in [-0.4, -0.2) is 20.8 Å². The predicted octanol–water partition coefficient (Wildman–Crippen LogP) is 4.30. The third kappa shape index (κ3) is 3.64. The monoisotopic (exact) mass is 359 g/mol. The molecule has 0 bridgehead atoms. The Balaban J connectivity index is 1.77. The van der Waals surface area contributed by atoms with Crippen LogP contribution >= 0.6 is 0 Å². The van der Waals surface area contributed by atoms with Crippen LogP contribution in [0.4, 0.5) is 5.82 Å². The third-order valence-electron chi connectivity index (χ3n) is 4.71. The summed E-state index contributed by atoms with van der Waals surface area (Å²) in [5.41, 5.74) is 9.96. The molecule has 0 fully saturated rings. The van der Waals surface area contributed by atoms with Crippen LogP contribution in [0.5, 0.6) is 0 Å². The first-order valence-corrected chi connectivity index (χ1v) is 9.27. The molecule has 3 aromatic rings. The van der Waals surface area contributed by atoms with Gasteiger partial charge in [0, 0.05) is 34.8 Å². The van der Waals surface area contributed by atoms with Crippen molar-refractivity contribution in [1.29, 1.82) is 0 Å². The van der Waals surface area contributed by atoms with Crippen molar-refractivity contribution in [1.82, 2.24) is 14.8 Å². The Morgan fingerprint density at radius 3 is 2.78 bits per heavy atom. The molecule has 1 aromatic carbocycles. The van der Waals surface area contributed by atoms with Crippen molar-refractivity contribution in [2.45, 2.75) is 38.6 Å². The molecule has 2 heterocycles. The van der Waals surface area contributed by atoms with E-state index in [1.165, 1.54) is 0 Å². The molecule has 0 amide bonds. The van der Waals surface area contributed by atoms with Crippen LogP contribution in [0.15, 0.2) is 66.5 Å². The molecule has 1 atom stereocenters. The van der Waals surface area contributed by atoms with Gasteiger partial charge in [-0.15, -0.1) is 0 Å². The first-order valence-electron chi connectivity index (χ1n) is 9.27. The van der Waals surface area contributed by atoms with Crippen molar-refractivity contribution >= 4 is 16.7 Å². The molecule has 0 aliphatic heterocycles. The van der Waals surface area contributed by atoms with Crippen molar-refractivity contribution in [3.63, 3.8) is 0 Å². The molecular formula is C22H25N5. The van der Waals surface area contributed by atoms with Gasteiger partial charge < -0.3 is 11.1 Å². The Bertz CT molecular complexity index is 1040. The maximum absolute atomic E-state index is 5.94. The molecule has 5 heteroatoms. The molecule has 4 rings (SSSR count). The quantitative estimate of drug-likeness (QED) is 0.731. The van der Waals surface area contributed by atoms with E-state index in [4.69, 9.17) is 10.8 Å². The minimum Gasteiger partial charge on any atom is -0.340 e. The molecule has 0 saturated heterocycles. The summed E-state index contributed by atoms with van der Waals surface area (Å²) in [5.74, 6) is 0.939. The average molecular weight is 359 g/mol. The van der Waals surface area contributed by atoms with E-state index in [0.717, 1.165) is 40.2 Å². The van der Waals surface area contributed by atoms with Gasteiger partial charge in [0.25, 0.3) is 0 Å². The van der Waals surface area contributed by atoms with Gasteiger partial charge in [0.2, 0.25) is 0 Å². The number of fused-ring (bicyclic) bond motifs is 1. The number of nitrogens with two attached hydrogens (primary N) is 1. The van der Waals surface area contributed by atoms with Gasteiger partial charge in [-0.1, -0.05) is 39.0 Å². The third-order valence-corrected chi connectivity index (χ3v) is 4.71. The molecule has 1 aliphatic carbocycles. The fourth-order valence-electron chi connectivity index (χ4n) is 3.11. The molecule has 2 aromatic heterocycles. The lowest BCUT2D eigenvalue weighted by atomic mass is 9.92. The van der Waals surface area contributed by atoms with Crippen molar-refractivity contribution in [3.8, 4) is 5.69 Å². The van der Waals surface area contributed by atoms with Gasteiger partial charge in [0.15, 0.2) is 0 Å². The lowest BCUT2D eigenvalue weighted by Crippen LogP contribution is -2.19. The molecule has 1 unspecified atom stereocenters. The summed E-state index contributed by atoms with van der Waals surface area (Å²) in [6.45, 7) is 6.52. The number of hydrogen-bond donors (Lipinski definition) is 2. The Morgan fingerprint density at radius 1 is 1.19 bits per heavy atom. The van der Waals surface area contributed by atoms with E-state index in [1.807, 2.05) is 35.2 Å². The van der Waals surface area contributed by atoms with Crippen LogP contribution in [-0.2, 0) is 5.41 Å². The van der Waals surface area contributed by atoms with Crippen molar-refractivity contribution in [3.05, 3.63) is 72.2 Å². The molecule has 27 heavy (non-hydrogen) atoms. The van der Waals surface area contributed by atoms with Crippen LogP contribution in [0.1, 0.15) is 32.9 Å². The molecular weight excluding hydrogens is 334 g/mol. The maximum atomic E-state index is 5.94. The van der Waals surface area contributed by atoms with Gasteiger partial charge in [0.1, 0.15) is 5.82 Å². The van der Waals surface area contributed by atoms with Crippen LogP contribution in [0.3, 0.4) is 0 Å². The lowest BCUT2D eigenvalue weighted by molar-refractivity contribution is 0.560. The number of nitrogens with one attached hydrogen (secondary N) is 1. The Kier molecular flexibility index (Phi) is 4.32. The van der Waals surface area contributed by atoms with Crippen molar-refractivity contribution < 1.29 is 0 Å². The SMILES string of the molecule is CC(C)(C)c1cc(NC2=CCC(N)C=C2)n(-c2ccc3ncccc3c2)n1. The van der Waals surface area contributed by atoms with Gasteiger partial charge in [-0.2, -0.15) is 5.10 Å². The van der Waals surface area contributed by atoms with Crippen molar-refractivity contribution in [2.24, 2.45) is 5.73 Å². The summed E-state index contributed by atoms with van der Waals surface area (Å²) in [5, 5.41) is 9.50. The Labute approximate surface area is 159 Å². The van der Waals surface area contributed by atoms with Crippen LogP contribution in [0.2, 0.25) is 0 Å². The highest BCUT2D eigenvalue weighted by molar-refractivity contribution is 5.80. The van der Waals surface area contributed by atoms with Crippen molar-refractivity contribution in [2.75, 3.05) is 5.32 Å². The first-order chi connectivity index (χ1) is 12.9. The summed E-state index contributed by atoms with van der Waals surface area (Å²) in [7, 11) is 0. The average Bonchev–Trinajstić information content (AvgIpc) is 3.07. The molecule has 138 valence electrons. The highest BCUT2D eigenvalue weighted by Crippen LogP contribution is 2.28. The second kappa shape index (κ2) is 6.67. The van der Waals surface area contributed by atoms with Crippen LogP contribution < -0.4 is 11.1 Å². The number of rotatable bonds is 3. The van der Waals surface area contributed by atoms with Crippen LogP contribution in [0, 0.1) is 0 Å². The number of pyridine rings is 1. The minimum atomic E-state index is -0.0424. The van der Waals surface area contributed by atoms with E-state index in [9.17, 15) is 0 Å². The summed E-state index contributed by atoms with van der Waals surface area (Å²) in [6, 6.07) is 12.5. The minimum absolute atomic E-state index is 0.0424. The number of allylic oxidation sites excluding steroid dienone is 1. The predicted molar refractivity (Wildman–Crippen MR) is 111 cm³/mol. The largest absolute Gasteiger partial charge is 0.340 e. The molecule has 0 saturated carbocycles. The first kappa shape index (κ1) is 17.5. The summed E-state index contributed by atoms with van der Waals surface area (Å²) in [6.07, 6.45) is 8.83. The second-order valence-corrected chi connectivity index (χ2v) is 8.00. The number of benzene rings is 1. The molecule has 5 nitrogen and oxygen atoms in total. The highest BCUT2D eigenvalue weighted by atomic mass is 15.3. The van der Waals surface area contributed by atoms with Gasteiger partial charge >= 0.3 is 0 Å². The van der Waals surface area contributed by atoms with E-state index in [1.54, 1.807) is 0 Å². The van der Waals surface area contributed by atoms with Gasteiger partial charge in [-0.25, -0.2) is 4.68 Å². The number of hydrogen-bond acceptors (Lipinski definition) is 4. The van der Waals surface area contributed by atoms with E-state index < -0.39 is 0 Å². The fourth-order valence-corrected chi connectivity index (χ4v) is 3.11. The molecule has 0 radical (unpaired) electrons. The number of aromatic nitrogens is 3. The number of anilines is 1. The van der Waals surface area contributed by atoms with E-state index in [2.05, 4.69) is 61.4 Å². The zero-order valence-electron chi connectivity index (χ0n) is 16.0. The summed E-state index contributed by atoms with van der Waals surface area (Å²) >= 11 is 0. The van der Waals surface area contributed by atoms with E-state index in [0.29, 0.717) is 0 Å². The Morgan fingerprint density at radius 2 is 2.04 bits per heavy atom. The molecule has 0 spiro atoms. The van der Waals surface area contributed by atoms with Gasteiger partial charge in [-0.05, 0) is 36.8 Å². The molecule has 3 N–H and O–H groups in total. The standard InChI is InChI=1S/C22H25N5/c1-22(2,3)20-14-21(25-17-8-6-16(23)7-9-17)27(26-20)18-10-11-19-15(13-18)5-4-12-24-19/h4-6,8-14,16,25H,7,23H2,1-3H3. The molecule has 1 aliphatic rings. The second-order valence-electron chi connectivity index (χ2n) is 8.00. The zero-order valence-corrected chi connectivity index (χ0v) is 16.0. The zero-order chi connectivity index (χ0) is 19.0. The lowest BCUT2D eigenvalue weighted by Gasteiger charge is -2.15. The van der Waals surface area contributed by atoms with Gasteiger partial charge in [-0.3, -0.25) is 4.98 Å². The van der Waals surface area contributed by atoms with Crippen LogP contribution in [0.25, 0.3) is 16.6 Å². The Hall–Kier alpha value is -2.92. The van der Waals surface area contributed by atoms with Gasteiger partial charge in [0.05, 0.1) is 16.9 Å². The summed E-state index contributed by atoms with van der Waals surface area (Å²) in [4.78, 5) is 4.41. The summed E-state index contributed by atoms with van der Waals surface area (Å²) < 4.78 is 1.97. The topological polar surface area (TPSA) is 68.8 Å². The number of nitrogens with zero attached hydrogens (tertiary/aromatic N) is 3. The maximum Gasteiger partial charge on any atom is 0.134 e. The smallest absolute Gasteiger partial charge is 0.134 e. The normalized spacial score (nSPS) is 17.2. The van der Waals surface area contributed by atoms with E-state index >= 15 is 0 Å². The van der Waals surface area contributed by atoms with E-state index in [-0.39, 0.29) is 11.5 Å². The fraction of sp³-hybridized carbons (Fsp3) is 0.273. The highest BCUT2D eigenvalue weighted by Gasteiger charge is 2.21.